The van der Waals surface area contributed by atoms with Gasteiger partial charge in [0.05, 0.1) is 45.2 Å². The lowest BCUT2D eigenvalue weighted by atomic mass is 9.71. The van der Waals surface area contributed by atoms with Crippen molar-refractivity contribution >= 4 is 22.9 Å². The van der Waals surface area contributed by atoms with E-state index >= 15 is 0 Å². The molecule has 7 rings (SSSR count). The van der Waals surface area contributed by atoms with E-state index < -0.39 is 0 Å². The van der Waals surface area contributed by atoms with Crippen molar-refractivity contribution in [1.82, 2.24) is 19.8 Å². The molecule has 2 aliphatic rings. The molecule has 0 saturated carbocycles. The number of nitrogens with one attached hydrogen (secondary N) is 1. The van der Waals surface area contributed by atoms with Gasteiger partial charge in [-0.2, -0.15) is 0 Å². The highest BCUT2D eigenvalue weighted by Crippen LogP contribution is 2.41. The molecule has 1 N–H and O–H groups in total. The van der Waals surface area contributed by atoms with Gasteiger partial charge in [0.2, 0.25) is 11.7 Å². The second kappa shape index (κ2) is 15.1. The number of carbonyl (C=O) groups is 1. The number of amides is 1. The summed E-state index contributed by atoms with van der Waals surface area (Å²) in [6.45, 7) is 4.56. The fourth-order valence-corrected chi connectivity index (χ4v) is 7.93. The fourth-order valence-electron chi connectivity index (χ4n) is 7.93. The largest absolute Gasteiger partial charge is 0.493 e. The van der Waals surface area contributed by atoms with Gasteiger partial charge in [-0.25, -0.2) is 9.37 Å². The number of piperidine rings is 2. The molecule has 11 heteroatoms. The number of anilines is 1. The number of benzene rings is 3. The summed E-state index contributed by atoms with van der Waals surface area (Å²) in [6.07, 6.45) is 6.28. The zero-order valence-electron chi connectivity index (χ0n) is 29.6. The first-order chi connectivity index (χ1) is 24.9. The van der Waals surface area contributed by atoms with Gasteiger partial charge in [0.25, 0.3) is 5.91 Å². The van der Waals surface area contributed by atoms with Gasteiger partial charge in [0, 0.05) is 43.2 Å². The molecule has 51 heavy (non-hydrogen) atoms. The number of H-pyrrole nitrogens is 1. The Hall–Kier alpha value is -5.03. The van der Waals surface area contributed by atoms with Crippen LogP contribution in [0.15, 0.2) is 83.5 Å². The predicted octanol–water partition coefficient (Wildman–Crippen LogP) is 7.06. The molecule has 1 unspecified atom stereocenters. The molecule has 2 aliphatic heterocycles. The third-order valence-corrected chi connectivity index (χ3v) is 10.7. The number of fused-ring (bicyclic) bond motifs is 1. The Morgan fingerprint density at radius 1 is 0.980 bits per heavy atom. The maximum absolute atomic E-state index is 14.2. The number of furan rings is 1. The Bertz CT molecular complexity index is 1860. The Balaban J connectivity index is 1.07. The molecule has 2 aromatic heterocycles. The number of nitrogens with zero attached hydrogens (tertiary/aromatic N) is 4. The van der Waals surface area contributed by atoms with Gasteiger partial charge in [-0.3, -0.25) is 4.79 Å². The van der Waals surface area contributed by atoms with Crippen molar-refractivity contribution in [3.8, 4) is 17.2 Å². The molecule has 3 aromatic carbocycles. The maximum Gasteiger partial charge on any atom is 0.254 e. The molecule has 0 aliphatic carbocycles. The molecule has 1 amide bonds. The van der Waals surface area contributed by atoms with Crippen LogP contribution < -0.4 is 19.1 Å². The average molecular weight is 696 g/mol. The number of hydrogen-bond acceptors (Lipinski definition) is 8. The Morgan fingerprint density at radius 3 is 2.39 bits per heavy atom. The number of likely N-dealkylation sites (tertiary alicyclic amines) is 2. The van der Waals surface area contributed by atoms with Gasteiger partial charge >= 0.3 is 0 Å². The number of aromatic nitrogens is 2. The van der Waals surface area contributed by atoms with Gasteiger partial charge in [0.15, 0.2) is 11.5 Å². The second-order valence-electron chi connectivity index (χ2n) is 13.6. The van der Waals surface area contributed by atoms with Crippen LogP contribution in [0.5, 0.6) is 17.2 Å². The van der Waals surface area contributed by atoms with Gasteiger partial charge in [-0.1, -0.05) is 24.3 Å². The average Bonchev–Trinajstić information content (AvgIpc) is 3.86. The van der Waals surface area contributed by atoms with Crippen molar-refractivity contribution in [1.29, 1.82) is 0 Å². The zero-order chi connectivity index (χ0) is 35.4. The molecular formula is C40H46FN5O5. The lowest BCUT2D eigenvalue weighted by molar-refractivity contribution is 0.0605. The van der Waals surface area contributed by atoms with Crippen LogP contribution >= 0.6 is 0 Å². The molecule has 2 saturated heterocycles. The quantitative estimate of drug-likeness (QED) is 0.148. The number of hydrogen-bond donors (Lipinski definition) is 1. The lowest BCUT2D eigenvalue weighted by Gasteiger charge is -2.45. The molecule has 0 spiro atoms. The first-order valence-electron chi connectivity index (χ1n) is 17.7. The van der Waals surface area contributed by atoms with E-state index in [1.165, 1.54) is 12.1 Å². The Kier molecular flexibility index (Phi) is 10.2. The zero-order valence-corrected chi connectivity index (χ0v) is 29.6. The van der Waals surface area contributed by atoms with Crippen molar-refractivity contribution in [2.75, 3.05) is 59.0 Å². The van der Waals surface area contributed by atoms with E-state index in [1.54, 1.807) is 39.7 Å². The summed E-state index contributed by atoms with van der Waals surface area (Å²) >= 11 is 0. The van der Waals surface area contributed by atoms with Crippen LogP contribution in [-0.2, 0) is 12.0 Å². The number of ether oxygens (including phenoxy) is 3. The molecular weight excluding hydrogens is 649 g/mol. The van der Waals surface area contributed by atoms with Gasteiger partial charge in [-0.15, -0.1) is 0 Å². The van der Waals surface area contributed by atoms with Crippen LogP contribution in [0.1, 0.15) is 53.8 Å². The van der Waals surface area contributed by atoms with Crippen molar-refractivity contribution in [2.45, 2.75) is 50.1 Å². The first-order valence-corrected chi connectivity index (χ1v) is 17.7. The van der Waals surface area contributed by atoms with Crippen LogP contribution in [0.25, 0.3) is 11.0 Å². The monoisotopic (exact) mass is 695 g/mol. The molecule has 10 nitrogen and oxygen atoms in total. The summed E-state index contributed by atoms with van der Waals surface area (Å²) in [4.78, 5) is 29.4. The maximum atomic E-state index is 14.2. The van der Waals surface area contributed by atoms with Crippen molar-refractivity contribution in [3.05, 3.63) is 102 Å². The summed E-state index contributed by atoms with van der Waals surface area (Å²) in [5, 5.41) is 0. The number of methoxy groups -OCH3 is 3. The summed E-state index contributed by atoms with van der Waals surface area (Å²) in [5.74, 6) is 2.73. The highest BCUT2D eigenvalue weighted by Gasteiger charge is 2.40. The summed E-state index contributed by atoms with van der Waals surface area (Å²) in [6, 6.07) is 22.6. The summed E-state index contributed by atoms with van der Waals surface area (Å²) in [5.41, 5.74) is 3.19. The molecule has 5 aromatic rings. The highest BCUT2D eigenvalue weighted by molar-refractivity contribution is 5.96. The van der Waals surface area contributed by atoms with Crippen molar-refractivity contribution in [2.24, 2.45) is 0 Å². The van der Waals surface area contributed by atoms with Crippen LogP contribution in [0.2, 0.25) is 0 Å². The minimum absolute atomic E-state index is 0.0940. The third kappa shape index (κ3) is 7.26. The van der Waals surface area contributed by atoms with E-state index in [2.05, 4.69) is 20.9 Å². The number of halogens is 1. The number of carbonyl (C=O) groups excluding carboxylic acids is 1. The normalized spacial score (nSPS) is 18.5. The third-order valence-electron chi connectivity index (χ3n) is 10.7. The van der Waals surface area contributed by atoms with Crippen molar-refractivity contribution < 1.29 is 27.8 Å². The van der Waals surface area contributed by atoms with Crippen molar-refractivity contribution in [3.63, 3.8) is 0 Å². The van der Waals surface area contributed by atoms with Gasteiger partial charge in [0.1, 0.15) is 11.6 Å². The second-order valence-corrected chi connectivity index (χ2v) is 13.6. The van der Waals surface area contributed by atoms with Crippen LogP contribution in [-0.4, -0.2) is 85.8 Å². The number of para-hydroxylation sites is 2. The van der Waals surface area contributed by atoms with Crippen LogP contribution in [0, 0.1) is 5.82 Å². The lowest BCUT2D eigenvalue weighted by Crippen LogP contribution is -2.51. The fraction of sp³-hybridized carbons (Fsp3) is 0.400. The number of imidazole rings is 1. The first kappa shape index (κ1) is 34.4. The van der Waals surface area contributed by atoms with E-state index in [9.17, 15) is 9.18 Å². The summed E-state index contributed by atoms with van der Waals surface area (Å²) < 4.78 is 36.5. The van der Waals surface area contributed by atoms with E-state index in [0.717, 1.165) is 80.0 Å². The molecule has 0 radical (unpaired) electrons. The van der Waals surface area contributed by atoms with E-state index in [-0.39, 0.29) is 17.1 Å². The Labute approximate surface area is 298 Å². The molecule has 1 atom stereocenters. The smallest absolute Gasteiger partial charge is 0.254 e. The number of rotatable bonds is 12. The minimum atomic E-state index is -0.321. The minimum Gasteiger partial charge on any atom is -0.493 e. The molecule has 268 valence electrons. The Morgan fingerprint density at radius 2 is 1.73 bits per heavy atom. The van der Waals surface area contributed by atoms with E-state index in [4.69, 9.17) is 23.6 Å². The number of aromatic amines is 1. The van der Waals surface area contributed by atoms with E-state index in [1.807, 2.05) is 47.4 Å². The van der Waals surface area contributed by atoms with Gasteiger partial charge in [-0.05, 0) is 92.7 Å². The SMILES string of the molecule is COc1cc(C(=O)N2CCCC(CCN3CCC(N(Cc4ccco4)c4nc5ccccc5[nH]4)CC3)(c3ccc(F)cc3)C2)cc(OC)c1OC. The molecule has 2 fully saturated rings. The predicted molar refractivity (Wildman–Crippen MR) is 194 cm³/mol. The molecule has 0 bridgehead atoms. The topological polar surface area (TPSA) is 96.3 Å². The standard InChI is InChI=1S/C40H46FN5O5/c1-48-35-24-28(25-36(49-2)37(35)50-3)38(47)45-19-7-17-40(27-45,29-11-13-30(41)14-12-29)18-22-44-20-15-31(16-21-44)46(26-32-8-6-23-51-32)39-42-33-9-4-5-10-34(33)43-39/h4-6,8-14,23-25,31H,7,15-22,26-27H2,1-3H3,(H,42,43). The van der Waals surface area contributed by atoms with E-state index in [0.29, 0.717) is 48.5 Å². The van der Waals surface area contributed by atoms with Crippen LogP contribution in [0.3, 0.4) is 0 Å². The van der Waals surface area contributed by atoms with Crippen LogP contribution in [0.4, 0.5) is 10.3 Å². The summed E-state index contributed by atoms with van der Waals surface area (Å²) in [7, 11) is 4.64. The molecule has 4 heterocycles. The highest BCUT2D eigenvalue weighted by atomic mass is 19.1. The van der Waals surface area contributed by atoms with Gasteiger partial charge < -0.3 is 38.3 Å².